The summed E-state index contributed by atoms with van der Waals surface area (Å²) in [6.07, 6.45) is 4.41. The maximum atomic E-state index is 13.4. The van der Waals surface area contributed by atoms with Gasteiger partial charge in [-0.3, -0.25) is 9.59 Å². The van der Waals surface area contributed by atoms with Crippen molar-refractivity contribution in [3.8, 4) is 11.4 Å². The smallest absolute Gasteiger partial charge is 0.278 e. The van der Waals surface area contributed by atoms with Crippen LogP contribution in [-0.2, 0) is 16.1 Å². The number of nitrogens with one attached hydrogen (secondary N) is 1. The number of carbonyl (C=O) groups excluding carboxylic acids is 1. The van der Waals surface area contributed by atoms with Crippen molar-refractivity contribution in [2.24, 2.45) is 0 Å². The van der Waals surface area contributed by atoms with Gasteiger partial charge in [-0.2, -0.15) is 4.98 Å². The molecule has 0 bridgehead atoms. The molecule has 12 heteroatoms. The number of aromatic nitrogens is 5. The maximum absolute atomic E-state index is 13.4. The average Bonchev–Trinajstić information content (AvgIpc) is 3.47. The van der Waals surface area contributed by atoms with Crippen molar-refractivity contribution in [2.75, 3.05) is 36.6 Å². The van der Waals surface area contributed by atoms with Crippen LogP contribution in [0.2, 0.25) is 0 Å². The number of thiocarbonyl (C=S) groups is 1. The van der Waals surface area contributed by atoms with Gasteiger partial charge in [0, 0.05) is 30.0 Å². The highest BCUT2D eigenvalue weighted by molar-refractivity contribution is 7.78. The summed E-state index contributed by atoms with van der Waals surface area (Å²) in [5.74, 6) is 0.860. The summed E-state index contributed by atoms with van der Waals surface area (Å²) < 4.78 is 16.5. The molecule has 0 radical (unpaired) electrons. The van der Waals surface area contributed by atoms with E-state index in [0.29, 0.717) is 59.9 Å². The van der Waals surface area contributed by atoms with Crippen LogP contribution >= 0.6 is 12.2 Å². The third kappa shape index (κ3) is 4.26. The minimum Gasteiger partial charge on any atom is -0.482 e. The SMILES string of the molecule is CCCN1C(=O)COc2ccc(-n3c4nc(Nc5ccc6ccn(C7COC7)c6c5)ncc4c(=O)n3CC=S)cc21. The highest BCUT2D eigenvalue weighted by Crippen LogP contribution is 2.35. The highest BCUT2D eigenvalue weighted by Gasteiger charge is 2.27. The summed E-state index contributed by atoms with van der Waals surface area (Å²) >= 11 is 5.13. The van der Waals surface area contributed by atoms with E-state index in [9.17, 15) is 9.59 Å². The monoisotopic (exact) mass is 569 g/mol. The van der Waals surface area contributed by atoms with Gasteiger partial charge < -0.3 is 24.3 Å². The lowest BCUT2D eigenvalue weighted by Crippen LogP contribution is -2.39. The molecular weight excluding hydrogens is 542 g/mol. The summed E-state index contributed by atoms with van der Waals surface area (Å²) in [6, 6.07) is 14.0. The number of anilines is 3. The molecular formula is C29H27N7O4S. The fraction of sp³-hybridized carbons (Fsp3) is 0.276. The lowest BCUT2D eigenvalue weighted by atomic mass is 10.2. The van der Waals surface area contributed by atoms with Crippen LogP contribution in [0.4, 0.5) is 17.3 Å². The zero-order valence-corrected chi connectivity index (χ0v) is 23.1. The molecule has 7 rings (SSSR count). The van der Waals surface area contributed by atoms with E-state index in [-0.39, 0.29) is 24.6 Å². The van der Waals surface area contributed by atoms with Gasteiger partial charge in [0.2, 0.25) is 5.95 Å². The molecule has 5 aromatic rings. The topological polar surface area (TPSA) is 108 Å². The van der Waals surface area contributed by atoms with Crippen LogP contribution in [0.25, 0.3) is 27.6 Å². The third-order valence-electron chi connectivity index (χ3n) is 7.49. The van der Waals surface area contributed by atoms with E-state index in [4.69, 9.17) is 26.7 Å². The van der Waals surface area contributed by atoms with Crippen LogP contribution in [0.3, 0.4) is 0 Å². The lowest BCUT2D eigenvalue weighted by molar-refractivity contribution is -0.121. The molecule has 2 aliphatic rings. The molecule has 208 valence electrons. The van der Waals surface area contributed by atoms with Crippen molar-refractivity contribution in [1.29, 1.82) is 0 Å². The van der Waals surface area contributed by atoms with E-state index in [2.05, 4.69) is 39.3 Å². The number of rotatable bonds is 8. The number of carbonyl (C=O) groups is 1. The van der Waals surface area contributed by atoms with Crippen LogP contribution in [0.15, 0.2) is 59.7 Å². The van der Waals surface area contributed by atoms with Crippen molar-refractivity contribution in [3.05, 3.63) is 65.2 Å². The largest absolute Gasteiger partial charge is 0.482 e. The second-order valence-electron chi connectivity index (χ2n) is 10.1. The molecule has 1 fully saturated rings. The van der Waals surface area contributed by atoms with Gasteiger partial charge in [-0.25, -0.2) is 14.3 Å². The Balaban J connectivity index is 1.32. The Kier molecular flexibility index (Phi) is 6.28. The quantitative estimate of drug-likeness (QED) is 0.280. The minimum absolute atomic E-state index is 0.00161. The van der Waals surface area contributed by atoms with Gasteiger partial charge in [0.1, 0.15) is 11.1 Å². The maximum Gasteiger partial charge on any atom is 0.278 e. The van der Waals surface area contributed by atoms with Crippen molar-refractivity contribution < 1.29 is 14.3 Å². The first-order valence-corrected chi connectivity index (χ1v) is 14.0. The van der Waals surface area contributed by atoms with E-state index >= 15 is 0 Å². The Labute approximate surface area is 239 Å². The Morgan fingerprint density at radius 2 is 2.02 bits per heavy atom. The van der Waals surface area contributed by atoms with E-state index < -0.39 is 0 Å². The number of hydrogen-bond donors (Lipinski definition) is 1. The van der Waals surface area contributed by atoms with Crippen molar-refractivity contribution >= 4 is 62.8 Å². The Bertz CT molecular complexity index is 1890. The van der Waals surface area contributed by atoms with Gasteiger partial charge in [0.25, 0.3) is 11.5 Å². The second kappa shape index (κ2) is 10.1. The van der Waals surface area contributed by atoms with Crippen LogP contribution in [0.5, 0.6) is 5.75 Å². The average molecular weight is 570 g/mol. The first-order valence-electron chi connectivity index (χ1n) is 13.5. The minimum atomic E-state index is -0.259. The van der Waals surface area contributed by atoms with Gasteiger partial charge in [-0.05, 0) is 48.2 Å². The first-order chi connectivity index (χ1) is 20.1. The molecule has 1 saturated heterocycles. The Hall–Kier alpha value is -4.55. The molecule has 2 aliphatic heterocycles. The fourth-order valence-electron chi connectivity index (χ4n) is 5.44. The second-order valence-corrected chi connectivity index (χ2v) is 10.4. The lowest BCUT2D eigenvalue weighted by Gasteiger charge is -2.29. The number of benzene rings is 2. The van der Waals surface area contributed by atoms with Crippen molar-refractivity contribution in [3.63, 3.8) is 0 Å². The van der Waals surface area contributed by atoms with Crippen LogP contribution in [0.1, 0.15) is 19.4 Å². The molecule has 5 heterocycles. The summed E-state index contributed by atoms with van der Waals surface area (Å²) in [4.78, 5) is 37.0. The molecule has 0 atom stereocenters. The molecule has 3 aromatic heterocycles. The Morgan fingerprint density at radius 3 is 2.80 bits per heavy atom. The van der Waals surface area contributed by atoms with E-state index in [1.165, 1.54) is 16.2 Å². The summed E-state index contributed by atoms with van der Waals surface area (Å²) in [6.45, 7) is 4.19. The number of nitrogens with zero attached hydrogens (tertiary/aromatic N) is 6. The normalized spacial score (nSPS) is 15.1. The zero-order valence-electron chi connectivity index (χ0n) is 22.3. The van der Waals surface area contributed by atoms with Gasteiger partial charge >= 0.3 is 0 Å². The van der Waals surface area contributed by atoms with Crippen LogP contribution in [0, 0.1) is 0 Å². The predicted octanol–water partition coefficient (Wildman–Crippen LogP) is 3.99. The highest BCUT2D eigenvalue weighted by atomic mass is 32.1. The van der Waals surface area contributed by atoms with Crippen molar-refractivity contribution in [2.45, 2.75) is 25.9 Å². The van der Waals surface area contributed by atoms with E-state index in [0.717, 1.165) is 23.0 Å². The van der Waals surface area contributed by atoms with Gasteiger partial charge in [-0.1, -0.05) is 25.2 Å². The molecule has 0 saturated carbocycles. The molecule has 0 unspecified atom stereocenters. The van der Waals surface area contributed by atoms with E-state index in [1.807, 2.05) is 31.2 Å². The molecule has 1 N–H and O–H groups in total. The van der Waals surface area contributed by atoms with Gasteiger partial charge in [-0.15, -0.1) is 0 Å². The molecule has 1 amide bonds. The van der Waals surface area contributed by atoms with Crippen molar-refractivity contribution in [1.82, 2.24) is 23.9 Å². The van der Waals surface area contributed by atoms with E-state index in [1.54, 1.807) is 9.58 Å². The van der Waals surface area contributed by atoms with Gasteiger partial charge in [0.15, 0.2) is 12.3 Å². The molecule has 0 spiro atoms. The number of ether oxygens (including phenoxy) is 2. The van der Waals surface area contributed by atoms with Crippen LogP contribution in [-0.4, -0.2) is 61.5 Å². The third-order valence-corrected chi connectivity index (χ3v) is 7.64. The molecule has 2 aromatic carbocycles. The standard InChI is InChI=1S/C29H27N7O4S/c1-2-8-34-24-13-20(5-6-25(24)40-17-26(34)37)36-27-22(28(38)35(36)10-11-41)14-30-29(32-27)31-19-4-3-18-7-9-33(23(18)12-19)21-15-39-16-21/h3-7,9,11-14,21H,2,8,10,15-17H2,1H3,(H,30,31,32). The summed E-state index contributed by atoms with van der Waals surface area (Å²) in [7, 11) is 0. The van der Waals surface area contributed by atoms with Crippen LogP contribution < -0.4 is 20.5 Å². The Morgan fingerprint density at radius 1 is 1.15 bits per heavy atom. The zero-order chi connectivity index (χ0) is 28.1. The number of fused-ring (bicyclic) bond motifs is 3. The summed E-state index contributed by atoms with van der Waals surface area (Å²) in [5, 5.41) is 6.30. The summed E-state index contributed by atoms with van der Waals surface area (Å²) in [5.41, 5.74) is 3.39. The molecule has 0 aliphatic carbocycles. The molecule has 41 heavy (non-hydrogen) atoms. The number of hydrogen-bond acceptors (Lipinski definition) is 8. The van der Waals surface area contributed by atoms with Gasteiger partial charge in [0.05, 0.1) is 42.7 Å². The fourth-order valence-corrected chi connectivity index (χ4v) is 5.58. The predicted molar refractivity (Wildman–Crippen MR) is 160 cm³/mol. The molecule has 11 nitrogen and oxygen atoms in total. The first kappa shape index (κ1) is 25.4. The number of amides is 1.